The van der Waals surface area contributed by atoms with Crippen LogP contribution in [0, 0.1) is 0 Å². The summed E-state index contributed by atoms with van der Waals surface area (Å²) in [4.78, 5) is 38.0. The van der Waals surface area contributed by atoms with Crippen LogP contribution in [0.25, 0.3) is 0 Å². The zero-order valence-electron chi connectivity index (χ0n) is 43.2. The SMILES string of the molecule is CCC\C=C/C=C\C=C/C=C\C=C/CCCCCCCC(=O)OCC(COC(=O)CC/C=C\C/C=C\CCCCCCCC)OC(=O)CCCCCCCCCCCCCCCCCCC. The Morgan fingerprint density at radius 1 is 0.318 bits per heavy atom. The van der Waals surface area contributed by atoms with E-state index in [0.29, 0.717) is 19.3 Å². The number of hydrogen-bond donors (Lipinski definition) is 0. The summed E-state index contributed by atoms with van der Waals surface area (Å²) in [5, 5.41) is 0. The first-order chi connectivity index (χ1) is 32.5. The minimum absolute atomic E-state index is 0.106. The molecule has 0 aliphatic heterocycles. The number of esters is 3. The van der Waals surface area contributed by atoms with Crippen molar-refractivity contribution in [2.45, 2.75) is 264 Å². The van der Waals surface area contributed by atoms with E-state index in [2.05, 4.69) is 75.5 Å². The van der Waals surface area contributed by atoms with Gasteiger partial charge in [-0.05, 0) is 57.8 Å². The van der Waals surface area contributed by atoms with Crippen LogP contribution in [0.2, 0.25) is 0 Å². The smallest absolute Gasteiger partial charge is 0.306 e. The van der Waals surface area contributed by atoms with Gasteiger partial charge in [0.2, 0.25) is 0 Å². The van der Waals surface area contributed by atoms with Crippen molar-refractivity contribution < 1.29 is 28.6 Å². The van der Waals surface area contributed by atoms with Crippen LogP contribution in [0.1, 0.15) is 258 Å². The third-order valence-electron chi connectivity index (χ3n) is 11.7. The van der Waals surface area contributed by atoms with E-state index in [4.69, 9.17) is 14.2 Å². The average molecular weight is 919 g/mol. The van der Waals surface area contributed by atoms with E-state index in [0.717, 1.165) is 77.0 Å². The molecule has 0 aliphatic carbocycles. The molecular weight excluding hydrogens is 817 g/mol. The van der Waals surface area contributed by atoms with Crippen molar-refractivity contribution in [3.8, 4) is 0 Å². The topological polar surface area (TPSA) is 78.9 Å². The number of carbonyl (C=O) groups excluding carboxylic acids is 3. The van der Waals surface area contributed by atoms with Crippen molar-refractivity contribution >= 4 is 17.9 Å². The monoisotopic (exact) mass is 919 g/mol. The quantitative estimate of drug-likeness (QED) is 0.0199. The summed E-state index contributed by atoms with van der Waals surface area (Å²) in [6.45, 7) is 6.48. The Balaban J connectivity index is 4.47. The Morgan fingerprint density at radius 3 is 1.12 bits per heavy atom. The molecule has 0 heterocycles. The summed E-state index contributed by atoms with van der Waals surface area (Å²) >= 11 is 0. The molecule has 0 aromatic rings. The molecule has 0 spiro atoms. The van der Waals surface area contributed by atoms with Gasteiger partial charge in [0.25, 0.3) is 0 Å². The van der Waals surface area contributed by atoms with Gasteiger partial charge in [0.05, 0.1) is 0 Å². The molecular formula is C60H102O6. The molecule has 0 N–H and O–H groups in total. The summed E-state index contributed by atoms with van der Waals surface area (Å²) in [5.74, 6) is -0.992. The molecule has 0 saturated heterocycles. The summed E-state index contributed by atoms with van der Waals surface area (Å²) in [7, 11) is 0. The highest BCUT2D eigenvalue weighted by molar-refractivity contribution is 5.71. The number of rotatable bonds is 49. The molecule has 1 atom stereocenters. The zero-order valence-corrected chi connectivity index (χ0v) is 43.2. The van der Waals surface area contributed by atoms with Crippen molar-refractivity contribution in [2.24, 2.45) is 0 Å². The molecule has 0 rings (SSSR count). The lowest BCUT2D eigenvalue weighted by Gasteiger charge is -2.18. The Hall–Kier alpha value is -3.41. The molecule has 1 unspecified atom stereocenters. The highest BCUT2D eigenvalue weighted by Crippen LogP contribution is 2.16. The van der Waals surface area contributed by atoms with E-state index in [1.54, 1.807) is 0 Å². The largest absolute Gasteiger partial charge is 0.462 e. The van der Waals surface area contributed by atoms with Crippen LogP contribution in [0.15, 0.2) is 85.1 Å². The first-order valence-corrected chi connectivity index (χ1v) is 27.7. The Labute approximate surface area is 407 Å². The summed E-state index contributed by atoms with van der Waals surface area (Å²) in [5.41, 5.74) is 0. The van der Waals surface area contributed by atoms with Gasteiger partial charge in [-0.3, -0.25) is 14.4 Å². The molecule has 0 radical (unpaired) electrons. The van der Waals surface area contributed by atoms with Crippen LogP contribution in [-0.4, -0.2) is 37.2 Å². The second-order valence-electron chi connectivity index (χ2n) is 18.3. The van der Waals surface area contributed by atoms with Crippen molar-refractivity contribution in [2.75, 3.05) is 13.2 Å². The molecule has 0 aliphatic rings. The van der Waals surface area contributed by atoms with Crippen LogP contribution >= 0.6 is 0 Å². The average Bonchev–Trinajstić information content (AvgIpc) is 3.31. The number of carbonyl (C=O) groups is 3. The Kier molecular flexibility index (Phi) is 51.4. The second kappa shape index (κ2) is 54.2. The molecule has 378 valence electrons. The lowest BCUT2D eigenvalue weighted by Crippen LogP contribution is -2.30. The third-order valence-corrected chi connectivity index (χ3v) is 11.7. The normalized spacial score (nSPS) is 12.7. The molecule has 0 bridgehead atoms. The molecule has 0 saturated carbocycles. The molecule has 0 fully saturated rings. The first-order valence-electron chi connectivity index (χ1n) is 27.7. The van der Waals surface area contributed by atoms with Crippen LogP contribution in [-0.2, 0) is 28.6 Å². The standard InChI is InChI=1S/C60H102O6/c1-4-7-10-13-16-19-22-25-27-29-31-32-35-38-41-44-47-50-53-59(62)65-56-57(55-64-58(61)52-49-46-43-40-37-34-24-21-18-15-12-9-6-3)66-60(63)54-51-48-45-42-39-36-33-30-28-26-23-20-17-14-11-8-5-2/h10,13,16,19,22,25,27,29,31-32,34,37,43,46,57H,4-9,11-12,14-15,17-18,20-21,23-24,26,28,30,33,35-36,38-42,44-45,47-56H2,1-3H3/b13-10-,19-16-,25-22-,29-27-,32-31-,37-34-,46-43-. The summed E-state index contributed by atoms with van der Waals surface area (Å²) < 4.78 is 16.8. The fourth-order valence-electron chi connectivity index (χ4n) is 7.58. The van der Waals surface area contributed by atoms with E-state index >= 15 is 0 Å². The number of ether oxygens (including phenoxy) is 3. The van der Waals surface area contributed by atoms with Gasteiger partial charge in [-0.15, -0.1) is 0 Å². The maximum Gasteiger partial charge on any atom is 0.306 e. The van der Waals surface area contributed by atoms with Gasteiger partial charge < -0.3 is 14.2 Å². The zero-order chi connectivity index (χ0) is 47.9. The van der Waals surface area contributed by atoms with Crippen molar-refractivity contribution in [3.05, 3.63) is 85.1 Å². The predicted octanol–water partition coefficient (Wildman–Crippen LogP) is 18.4. The highest BCUT2D eigenvalue weighted by atomic mass is 16.6. The predicted molar refractivity (Wildman–Crippen MR) is 284 cm³/mol. The molecule has 0 aromatic carbocycles. The van der Waals surface area contributed by atoms with E-state index in [1.165, 1.54) is 135 Å². The maximum atomic E-state index is 12.8. The second-order valence-corrected chi connectivity index (χ2v) is 18.3. The van der Waals surface area contributed by atoms with Gasteiger partial charge in [0, 0.05) is 19.3 Å². The van der Waals surface area contributed by atoms with E-state index in [1.807, 2.05) is 30.4 Å². The van der Waals surface area contributed by atoms with Crippen molar-refractivity contribution in [1.29, 1.82) is 0 Å². The third kappa shape index (κ3) is 51.6. The fourth-order valence-corrected chi connectivity index (χ4v) is 7.58. The molecule has 0 aromatic heterocycles. The van der Waals surface area contributed by atoms with Crippen molar-refractivity contribution in [1.82, 2.24) is 0 Å². The minimum Gasteiger partial charge on any atom is -0.462 e. The maximum absolute atomic E-state index is 12.8. The number of unbranched alkanes of at least 4 members (excludes halogenated alkanes) is 28. The summed E-state index contributed by atoms with van der Waals surface area (Å²) in [6, 6.07) is 0. The Bertz CT molecular complexity index is 1290. The van der Waals surface area contributed by atoms with E-state index in [-0.39, 0.29) is 37.5 Å². The van der Waals surface area contributed by atoms with Crippen LogP contribution in [0.5, 0.6) is 0 Å². The van der Waals surface area contributed by atoms with Gasteiger partial charge in [0.1, 0.15) is 13.2 Å². The lowest BCUT2D eigenvalue weighted by molar-refractivity contribution is -0.166. The Morgan fingerprint density at radius 2 is 0.667 bits per heavy atom. The fraction of sp³-hybridized carbons (Fsp3) is 0.717. The lowest BCUT2D eigenvalue weighted by atomic mass is 10.0. The van der Waals surface area contributed by atoms with Gasteiger partial charge in [-0.1, -0.05) is 266 Å². The number of hydrogen-bond acceptors (Lipinski definition) is 6. The van der Waals surface area contributed by atoms with Crippen LogP contribution in [0.4, 0.5) is 0 Å². The molecule has 0 amide bonds. The van der Waals surface area contributed by atoms with Gasteiger partial charge in [-0.25, -0.2) is 0 Å². The van der Waals surface area contributed by atoms with E-state index in [9.17, 15) is 14.4 Å². The molecule has 66 heavy (non-hydrogen) atoms. The highest BCUT2D eigenvalue weighted by Gasteiger charge is 2.19. The minimum atomic E-state index is -0.808. The van der Waals surface area contributed by atoms with Gasteiger partial charge >= 0.3 is 17.9 Å². The molecule has 6 heteroatoms. The van der Waals surface area contributed by atoms with Gasteiger partial charge in [-0.2, -0.15) is 0 Å². The first kappa shape index (κ1) is 62.6. The van der Waals surface area contributed by atoms with Gasteiger partial charge in [0.15, 0.2) is 6.10 Å². The van der Waals surface area contributed by atoms with Crippen LogP contribution in [0.3, 0.4) is 0 Å². The van der Waals surface area contributed by atoms with E-state index < -0.39 is 6.10 Å². The van der Waals surface area contributed by atoms with Crippen molar-refractivity contribution in [3.63, 3.8) is 0 Å². The number of allylic oxidation sites excluding steroid dienone is 14. The summed E-state index contributed by atoms with van der Waals surface area (Å²) in [6.07, 6.45) is 70.0. The van der Waals surface area contributed by atoms with Crippen LogP contribution < -0.4 is 0 Å². The molecule has 6 nitrogen and oxygen atoms in total.